The van der Waals surface area contributed by atoms with E-state index in [1.807, 2.05) is 6.92 Å². The van der Waals surface area contributed by atoms with Gasteiger partial charge in [-0.2, -0.15) is 9.97 Å². The second-order valence-corrected chi connectivity index (χ2v) is 12.1. The molecule has 0 aliphatic carbocycles. The first-order chi connectivity index (χ1) is 21.4. The number of phenols is 1. The van der Waals surface area contributed by atoms with Crippen molar-refractivity contribution in [3.05, 3.63) is 41.5 Å². The van der Waals surface area contributed by atoms with Crippen LogP contribution in [-0.4, -0.2) is 76.6 Å². The summed E-state index contributed by atoms with van der Waals surface area (Å²) in [5, 5.41) is 15.2. The van der Waals surface area contributed by atoms with Gasteiger partial charge in [-0.25, -0.2) is 13.8 Å². The number of methoxy groups -OCH3 is 1. The van der Waals surface area contributed by atoms with Gasteiger partial charge in [0.2, 0.25) is 5.88 Å². The van der Waals surface area contributed by atoms with Crippen LogP contribution in [0.2, 0.25) is 0 Å². The average Bonchev–Trinajstić information content (AvgIpc) is 3.77. The van der Waals surface area contributed by atoms with Gasteiger partial charge in [-0.15, -0.1) is 0 Å². The van der Waals surface area contributed by atoms with E-state index in [0.717, 1.165) is 51.6 Å². The molecule has 1 atom stereocenters. The Hall–Kier alpha value is -3.83. The summed E-state index contributed by atoms with van der Waals surface area (Å²) in [6.45, 7) is 5.51. The molecule has 0 amide bonds. The molecule has 0 spiro atoms. The van der Waals surface area contributed by atoms with E-state index in [4.69, 9.17) is 19.2 Å². The third-order valence-corrected chi connectivity index (χ3v) is 9.49. The maximum atomic E-state index is 16.8. The van der Waals surface area contributed by atoms with Crippen molar-refractivity contribution in [1.82, 2.24) is 19.9 Å². The number of aromatic nitrogens is 3. The summed E-state index contributed by atoms with van der Waals surface area (Å²) in [6.07, 6.45) is 6.58. The van der Waals surface area contributed by atoms with Crippen molar-refractivity contribution in [2.75, 3.05) is 45.3 Å². The first kappa shape index (κ1) is 28.9. The number of ether oxygens (including phenoxy) is 3. The van der Waals surface area contributed by atoms with Crippen molar-refractivity contribution in [1.29, 1.82) is 0 Å². The minimum Gasteiger partial charge on any atom is -0.508 e. The van der Waals surface area contributed by atoms with Crippen LogP contribution in [0.15, 0.2) is 24.3 Å². The molecule has 11 heteroatoms. The van der Waals surface area contributed by atoms with Gasteiger partial charge in [0, 0.05) is 18.7 Å². The molecule has 2 aromatic carbocycles. The lowest BCUT2D eigenvalue weighted by atomic mass is 9.94. The van der Waals surface area contributed by atoms with Crippen LogP contribution in [0.5, 0.6) is 17.6 Å². The summed E-state index contributed by atoms with van der Waals surface area (Å²) in [5.41, 5.74) is 0.451. The highest BCUT2D eigenvalue weighted by Crippen LogP contribution is 2.42. The summed E-state index contributed by atoms with van der Waals surface area (Å²) >= 11 is 0. The summed E-state index contributed by atoms with van der Waals surface area (Å²) in [4.78, 5) is 16.3. The molecule has 1 unspecified atom stereocenters. The third kappa shape index (κ3) is 4.95. The molecular weight excluding hydrogens is 568 g/mol. The number of nitrogens with one attached hydrogen (secondary N) is 1. The molecule has 0 bridgehead atoms. The lowest BCUT2D eigenvalue weighted by Gasteiger charge is -2.31. The normalized spacial score (nSPS) is 19.6. The number of pyridine rings is 1. The van der Waals surface area contributed by atoms with E-state index in [-0.39, 0.29) is 51.4 Å². The molecule has 7 rings (SSSR count). The monoisotopic (exact) mass is 605 g/mol. The Balaban J connectivity index is 1.39. The maximum absolute atomic E-state index is 16.8. The molecular formula is C33H37F2N5O4. The van der Waals surface area contributed by atoms with E-state index in [1.165, 1.54) is 25.3 Å². The number of phenolic OH excluding ortho intramolecular Hbond substituents is 1. The molecule has 2 aromatic heterocycles. The van der Waals surface area contributed by atoms with Gasteiger partial charge in [-0.05, 0) is 92.6 Å². The number of benzene rings is 2. The average molecular weight is 606 g/mol. The van der Waals surface area contributed by atoms with Crippen molar-refractivity contribution in [3.8, 4) is 28.9 Å². The van der Waals surface area contributed by atoms with Crippen molar-refractivity contribution in [2.24, 2.45) is 0 Å². The molecule has 3 fully saturated rings. The number of anilines is 1. The van der Waals surface area contributed by atoms with Gasteiger partial charge in [0.25, 0.3) is 0 Å². The highest BCUT2D eigenvalue weighted by Gasteiger charge is 2.45. The number of nitrogens with zero attached hydrogens (tertiary/aromatic N) is 4. The number of rotatable bonds is 9. The van der Waals surface area contributed by atoms with Gasteiger partial charge >= 0.3 is 6.01 Å². The van der Waals surface area contributed by atoms with E-state index in [2.05, 4.69) is 20.2 Å². The molecule has 3 saturated heterocycles. The van der Waals surface area contributed by atoms with Gasteiger partial charge in [0.15, 0.2) is 5.82 Å². The fourth-order valence-corrected chi connectivity index (χ4v) is 7.35. The zero-order chi connectivity index (χ0) is 30.4. The van der Waals surface area contributed by atoms with Crippen molar-refractivity contribution >= 4 is 27.5 Å². The first-order valence-electron chi connectivity index (χ1n) is 15.5. The summed E-state index contributed by atoms with van der Waals surface area (Å²) in [6, 6.07) is 5.91. The number of fused-ring (bicyclic) bond motifs is 3. The third-order valence-electron chi connectivity index (χ3n) is 9.49. The van der Waals surface area contributed by atoms with Crippen molar-refractivity contribution in [3.63, 3.8) is 0 Å². The van der Waals surface area contributed by atoms with E-state index in [0.29, 0.717) is 48.3 Å². The molecule has 3 aliphatic rings. The quantitative estimate of drug-likeness (QED) is 0.238. The minimum absolute atomic E-state index is 0.00194. The highest BCUT2D eigenvalue weighted by atomic mass is 19.1. The molecule has 9 nitrogen and oxygen atoms in total. The first-order valence-corrected chi connectivity index (χ1v) is 15.5. The number of hydrogen-bond acceptors (Lipinski definition) is 9. The Bertz CT molecular complexity index is 1720. The van der Waals surface area contributed by atoms with Crippen LogP contribution < -0.4 is 14.8 Å². The maximum Gasteiger partial charge on any atom is 0.319 e. The molecule has 4 aromatic rings. The largest absolute Gasteiger partial charge is 0.508 e. The second kappa shape index (κ2) is 11.6. The molecule has 3 aliphatic heterocycles. The van der Waals surface area contributed by atoms with Gasteiger partial charge < -0.3 is 24.6 Å². The Morgan fingerprint density at radius 2 is 1.91 bits per heavy atom. The van der Waals surface area contributed by atoms with Crippen LogP contribution in [0.4, 0.5) is 14.6 Å². The Kier molecular flexibility index (Phi) is 7.62. The number of aryl methyl sites for hydroxylation is 1. The predicted molar refractivity (Wildman–Crippen MR) is 164 cm³/mol. The molecule has 0 radical (unpaired) electrons. The number of aromatic hydroxyl groups is 1. The predicted octanol–water partition coefficient (Wildman–Crippen LogP) is 6.00. The zero-order valence-corrected chi connectivity index (χ0v) is 25.1. The molecule has 0 saturated carbocycles. The summed E-state index contributed by atoms with van der Waals surface area (Å²) in [7, 11) is 1.45. The van der Waals surface area contributed by atoms with Crippen LogP contribution in [-0.2, 0) is 11.2 Å². The van der Waals surface area contributed by atoms with Crippen LogP contribution in [0.3, 0.4) is 0 Å². The van der Waals surface area contributed by atoms with E-state index < -0.39 is 11.6 Å². The van der Waals surface area contributed by atoms with Crippen LogP contribution in [0.1, 0.15) is 51.0 Å². The van der Waals surface area contributed by atoms with E-state index in [9.17, 15) is 9.50 Å². The number of halogens is 2. The molecule has 5 heterocycles. The molecule has 232 valence electrons. The van der Waals surface area contributed by atoms with Crippen LogP contribution in [0.25, 0.3) is 32.9 Å². The van der Waals surface area contributed by atoms with E-state index in [1.54, 1.807) is 6.07 Å². The summed E-state index contributed by atoms with van der Waals surface area (Å²) < 4.78 is 49.6. The Labute approximate surface area is 254 Å². The van der Waals surface area contributed by atoms with Crippen LogP contribution >= 0.6 is 0 Å². The second-order valence-electron chi connectivity index (χ2n) is 12.1. The van der Waals surface area contributed by atoms with Crippen molar-refractivity contribution < 1.29 is 28.1 Å². The van der Waals surface area contributed by atoms with E-state index >= 15 is 4.39 Å². The van der Waals surface area contributed by atoms with Gasteiger partial charge in [0.05, 0.1) is 18.8 Å². The van der Waals surface area contributed by atoms with Gasteiger partial charge in [-0.1, -0.05) is 13.0 Å². The lowest BCUT2D eigenvalue weighted by molar-refractivity contribution is 0.107. The molecule has 44 heavy (non-hydrogen) atoms. The smallest absolute Gasteiger partial charge is 0.319 e. The Morgan fingerprint density at radius 3 is 2.64 bits per heavy atom. The van der Waals surface area contributed by atoms with Gasteiger partial charge in [0.1, 0.15) is 40.6 Å². The summed E-state index contributed by atoms with van der Waals surface area (Å²) in [5.74, 6) is -0.813. The van der Waals surface area contributed by atoms with Crippen LogP contribution in [0, 0.1) is 11.6 Å². The van der Waals surface area contributed by atoms with Gasteiger partial charge in [-0.3, -0.25) is 4.90 Å². The number of hydrogen-bond donors (Lipinski definition) is 2. The lowest BCUT2D eigenvalue weighted by Crippen LogP contribution is -2.43. The fourth-order valence-electron chi connectivity index (χ4n) is 7.35. The zero-order valence-electron chi connectivity index (χ0n) is 25.1. The standard InChI is InChI=1S/C33H37F2N5O4/c1-3-22-24(34)9-8-19-15-20(41)16-23(25(19)22)28-27(35)29-26(31(37-28)42-2)30(36-17-21-7-4-14-43-21)39-32(38-29)44-18-33-10-5-12-40(33)13-6-11-33/h8-9,15-16,21,41H,3-7,10-14,17-18H2,1-2H3,(H,36,38,39). The minimum atomic E-state index is -0.743. The molecule has 2 N–H and O–H groups in total. The fraction of sp³-hybridized carbons (Fsp3) is 0.485. The Morgan fingerprint density at radius 1 is 1.09 bits per heavy atom. The highest BCUT2D eigenvalue weighted by molar-refractivity contribution is 6.03. The topological polar surface area (TPSA) is 102 Å². The van der Waals surface area contributed by atoms with Crippen molar-refractivity contribution in [2.45, 2.75) is 63.5 Å². The SMILES string of the molecule is CCc1c(F)ccc2cc(O)cc(-c3nc(OC)c4c(NCC5CCCO5)nc(OCC56CCCN5CCC6)nc4c3F)c12.